The molecular weight excluding hydrogens is 376 g/mol. The lowest BCUT2D eigenvalue weighted by Gasteiger charge is -2.19. The van der Waals surface area contributed by atoms with E-state index in [1.54, 1.807) is 0 Å². The van der Waals surface area contributed by atoms with Crippen LogP contribution in [-0.2, 0) is 14.6 Å². The van der Waals surface area contributed by atoms with Gasteiger partial charge in [-0.15, -0.1) is 20.4 Å². The van der Waals surface area contributed by atoms with E-state index < -0.39 is 21.9 Å². The van der Waals surface area contributed by atoms with Gasteiger partial charge in [0.2, 0.25) is 10.4 Å². The largest absolute Gasteiger partial charge is 1.00 e. The fourth-order valence-corrected chi connectivity index (χ4v) is 2.40. The lowest BCUT2D eigenvalue weighted by atomic mass is 10.2. The summed E-state index contributed by atoms with van der Waals surface area (Å²) in [5.41, 5.74) is 1.64. The molecule has 14 heteroatoms. The molecule has 0 aliphatic rings. The summed E-state index contributed by atoms with van der Waals surface area (Å²) in [7, 11) is -3.32. The molecule has 1 aromatic heterocycles. The van der Waals surface area contributed by atoms with Crippen molar-refractivity contribution >= 4 is 43.9 Å². The zero-order valence-corrected chi connectivity index (χ0v) is 14.3. The van der Waals surface area contributed by atoms with Crippen LogP contribution in [0.4, 0.5) is 22.2 Å². The number of nitro benzene ring substituents is 1. The first-order valence-electron chi connectivity index (χ1n) is 6.54. The topological polar surface area (TPSA) is 163 Å². The summed E-state index contributed by atoms with van der Waals surface area (Å²) in [5.74, 6) is 0. The van der Waals surface area contributed by atoms with E-state index in [0.29, 0.717) is 5.13 Å². The van der Waals surface area contributed by atoms with Crippen molar-refractivity contribution in [2.24, 2.45) is 10.2 Å². The van der Waals surface area contributed by atoms with Crippen LogP contribution in [0.2, 0.25) is 0 Å². The van der Waals surface area contributed by atoms with Gasteiger partial charge in [0.1, 0.15) is 11.2 Å². The smallest absolute Gasteiger partial charge is 0.726 e. The quantitative estimate of drug-likeness (QED) is 0.216. The Kier molecular flexibility index (Phi) is 6.02. The first-order valence-corrected chi connectivity index (χ1v) is 8.75. The van der Waals surface area contributed by atoms with E-state index in [9.17, 15) is 23.1 Å². The molecule has 0 amide bonds. The number of hydrogen-bond acceptors (Lipinski definition) is 12. The van der Waals surface area contributed by atoms with Crippen LogP contribution in [-0.4, -0.2) is 48.3 Å². The van der Waals surface area contributed by atoms with Gasteiger partial charge in [-0.25, -0.2) is 8.42 Å². The fourth-order valence-electron chi connectivity index (χ4n) is 1.75. The van der Waals surface area contributed by atoms with Crippen molar-refractivity contribution in [3.63, 3.8) is 0 Å². The lowest BCUT2D eigenvalue weighted by Crippen LogP contribution is -2.24. The summed E-state index contributed by atoms with van der Waals surface area (Å²) < 4.78 is 35.3. The van der Waals surface area contributed by atoms with E-state index in [-0.39, 0.29) is 25.0 Å². The summed E-state index contributed by atoms with van der Waals surface area (Å²) in [6.07, 6.45) is 0. The second-order valence-electron chi connectivity index (χ2n) is 4.50. The third kappa shape index (κ3) is 5.79. The van der Waals surface area contributed by atoms with Gasteiger partial charge in [0.25, 0.3) is 10.8 Å². The number of anilines is 1. The van der Waals surface area contributed by atoms with Crippen molar-refractivity contribution in [3.8, 4) is 0 Å². The van der Waals surface area contributed by atoms with E-state index in [1.165, 1.54) is 35.7 Å². The zero-order chi connectivity index (χ0) is 18.4. The standard InChI is InChI=1S/C11H12N6O6S2/c1-16(4-5-23-25(20,21)22)9-3-2-8(6-10(9)17(18)19)13-15-11-14-12-7-24-11/h2-3,6-7H,4-5H2,1H3,(H,20,21,22). The van der Waals surface area contributed by atoms with Gasteiger partial charge in [0, 0.05) is 19.7 Å². The summed E-state index contributed by atoms with van der Waals surface area (Å²) in [6, 6.07) is 4.13. The Labute approximate surface area is 147 Å². The van der Waals surface area contributed by atoms with Gasteiger partial charge in [-0.05, 0) is 12.1 Å². The molecule has 0 radical (unpaired) electrons. The molecule has 0 fully saturated rings. The Bertz CT molecular complexity index is 875. The summed E-state index contributed by atoms with van der Waals surface area (Å²) in [5, 5.41) is 26.5. The van der Waals surface area contributed by atoms with Gasteiger partial charge >= 0.3 is 1.43 Å². The third-order valence-electron chi connectivity index (χ3n) is 2.82. The van der Waals surface area contributed by atoms with Gasteiger partial charge < -0.3 is 9.45 Å². The van der Waals surface area contributed by atoms with Gasteiger partial charge in [0.15, 0.2) is 0 Å². The van der Waals surface area contributed by atoms with Gasteiger partial charge in [-0.1, -0.05) is 11.3 Å². The second-order valence-corrected chi connectivity index (χ2v) is 6.37. The number of nitro groups is 1. The molecule has 0 spiro atoms. The molecule has 0 aliphatic carbocycles. The third-order valence-corrected chi connectivity index (χ3v) is 3.85. The van der Waals surface area contributed by atoms with Gasteiger partial charge in [0.05, 0.1) is 17.2 Å². The fraction of sp³-hybridized carbons (Fsp3) is 0.273. The molecular formula is C11H12N6O6S2. The van der Waals surface area contributed by atoms with Crippen molar-refractivity contribution < 1.29 is 23.5 Å². The molecule has 0 saturated heterocycles. The van der Waals surface area contributed by atoms with E-state index in [4.69, 9.17) is 0 Å². The predicted octanol–water partition coefficient (Wildman–Crippen LogP) is 1.89. The van der Waals surface area contributed by atoms with E-state index in [0.717, 1.165) is 11.3 Å². The van der Waals surface area contributed by atoms with Crippen molar-refractivity contribution in [2.45, 2.75) is 0 Å². The van der Waals surface area contributed by atoms with Crippen LogP contribution in [0.15, 0.2) is 33.9 Å². The molecule has 1 aromatic carbocycles. The van der Waals surface area contributed by atoms with Crippen LogP contribution in [0, 0.1) is 10.1 Å². The number of likely N-dealkylation sites (N-methyl/N-ethyl adjacent to an activating group) is 1. The molecule has 2 rings (SSSR count). The van der Waals surface area contributed by atoms with Crippen LogP contribution in [0.5, 0.6) is 0 Å². The van der Waals surface area contributed by atoms with Crippen LogP contribution in [0.25, 0.3) is 0 Å². The highest BCUT2D eigenvalue weighted by Crippen LogP contribution is 2.32. The van der Waals surface area contributed by atoms with E-state index in [1.807, 2.05) is 0 Å². The van der Waals surface area contributed by atoms with Crippen LogP contribution < -0.4 is 4.90 Å². The molecule has 0 saturated carbocycles. The maximum Gasteiger partial charge on any atom is 1.00 e. The molecule has 0 unspecified atom stereocenters. The highest BCUT2D eigenvalue weighted by Gasteiger charge is 2.18. The number of benzene rings is 1. The molecule has 25 heavy (non-hydrogen) atoms. The average Bonchev–Trinajstić information content (AvgIpc) is 3.04. The Morgan fingerprint density at radius 2 is 2.20 bits per heavy atom. The second kappa shape index (κ2) is 8.02. The molecule has 0 bridgehead atoms. The van der Waals surface area contributed by atoms with E-state index >= 15 is 0 Å². The number of rotatable bonds is 8. The number of aromatic nitrogens is 2. The first-order chi connectivity index (χ1) is 11.8. The molecule has 0 N–H and O–H groups in total. The Hall–Kier alpha value is -2.55. The normalized spacial score (nSPS) is 11.8. The van der Waals surface area contributed by atoms with Gasteiger partial charge in [-0.2, -0.15) is 0 Å². The monoisotopic (exact) mass is 388 g/mol. The Morgan fingerprint density at radius 1 is 1.44 bits per heavy atom. The van der Waals surface area contributed by atoms with Crippen LogP contribution in [0.1, 0.15) is 1.43 Å². The maximum absolute atomic E-state index is 11.3. The van der Waals surface area contributed by atoms with Crippen molar-refractivity contribution in [1.82, 2.24) is 10.2 Å². The van der Waals surface area contributed by atoms with Crippen molar-refractivity contribution in [3.05, 3.63) is 33.8 Å². The SMILES string of the molecule is CN(CCOS(=O)(=O)[O-])c1ccc(N=Nc2nncs2)cc1[N+](=O)[O-].[H+]. The first kappa shape index (κ1) is 18.8. The minimum absolute atomic E-state index is 0. The zero-order valence-electron chi connectivity index (χ0n) is 13.7. The van der Waals surface area contributed by atoms with Crippen LogP contribution in [0.3, 0.4) is 0 Å². The van der Waals surface area contributed by atoms with Crippen molar-refractivity contribution in [1.29, 1.82) is 0 Å². The highest BCUT2D eigenvalue weighted by atomic mass is 32.3. The minimum Gasteiger partial charge on any atom is -0.726 e. The number of nitrogens with zero attached hydrogens (tertiary/aromatic N) is 6. The maximum atomic E-state index is 11.3. The van der Waals surface area contributed by atoms with Crippen LogP contribution >= 0.6 is 11.3 Å². The molecule has 0 aliphatic heterocycles. The number of hydrogen-bond donors (Lipinski definition) is 0. The average molecular weight is 388 g/mol. The predicted molar refractivity (Wildman–Crippen MR) is 87.2 cm³/mol. The summed E-state index contributed by atoms with van der Waals surface area (Å²) >= 11 is 1.16. The number of azo groups is 1. The molecule has 0 atom stereocenters. The highest BCUT2D eigenvalue weighted by molar-refractivity contribution is 7.80. The summed E-state index contributed by atoms with van der Waals surface area (Å²) in [4.78, 5) is 12.0. The molecule has 2 aromatic rings. The molecule has 1 heterocycles. The molecule has 134 valence electrons. The Morgan fingerprint density at radius 3 is 2.80 bits per heavy atom. The lowest BCUT2D eigenvalue weighted by molar-refractivity contribution is -0.384. The molecule has 12 nitrogen and oxygen atoms in total. The van der Waals surface area contributed by atoms with Crippen molar-refractivity contribution in [2.75, 3.05) is 25.1 Å². The minimum atomic E-state index is -4.81. The summed E-state index contributed by atoms with van der Waals surface area (Å²) in [6.45, 7) is -0.480. The van der Waals surface area contributed by atoms with Gasteiger partial charge in [-0.3, -0.25) is 14.3 Å². The van der Waals surface area contributed by atoms with E-state index in [2.05, 4.69) is 24.6 Å². The Balaban J connectivity index is 0.00000338.